The van der Waals surface area contributed by atoms with Crippen molar-refractivity contribution in [1.82, 2.24) is 19.9 Å². The highest BCUT2D eigenvalue weighted by Gasteiger charge is 2.19. The number of aromatic hydroxyl groups is 1. The lowest BCUT2D eigenvalue weighted by molar-refractivity contribution is 0.122. The number of fused-ring (bicyclic) bond motifs is 1. The van der Waals surface area contributed by atoms with Crippen molar-refractivity contribution < 1.29 is 9.84 Å². The van der Waals surface area contributed by atoms with Crippen LogP contribution in [0, 0.1) is 0 Å². The fourth-order valence-corrected chi connectivity index (χ4v) is 2.68. The molecule has 1 aliphatic heterocycles. The second-order valence-electron chi connectivity index (χ2n) is 5.48. The van der Waals surface area contributed by atoms with E-state index in [-0.39, 0.29) is 11.7 Å². The second-order valence-corrected chi connectivity index (χ2v) is 5.48. The molecule has 0 spiro atoms. The zero-order chi connectivity index (χ0) is 16.5. The third kappa shape index (κ3) is 2.67. The first-order valence-corrected chi connectivity index (χ1v) is 7.63. The number of ether oxygens (including phenoxy) is 1. The van der Waals surface area contributed by atoms with Gasteiger partial charge < -0.3 is 20.5 Å². The van der Waals surface area contributed by atoms with Gasteiger partial charge in [-0.2, -0.15) is 9.97 Å². The first-order valence-electron chi connectivity index (χ1n) is 7.63. The van der Waals surface area contributed by atoms with E-state index in [0.717, 1.165) is 18.7 Å². The smallest absolute Gasteiger partial charge is 0.224 e. The summed E-state index contributed by atoms with van der Waals surface area (Å²) >= 11 is 0. The molecule has 3 aromatic rings. The highest BCUT2D eigenvalue weighted by molar-refractivity contribution is 5.85. The number of hydrogen-bond acceptors (Lipinski definition) is 8. The minimum Gasteiger partial charge on any atom is -0.508 e. The van der Waals surface area contributed by atoms with Gasteiger partial charge in [-0.15, -0.1) is 0 Å². The summed E-state index contributed by atoms with van der Waals surface area (Å²) in [5.41, 5.74) is 8.43. The number of hydrogen-bond donors (Lipinski definition) is 2. The number of nitrogens with zero attached hydrogens (tertiary/aromatic N) is 5. The SMILES string of the molecule is Nc1nc(N2CCOCC2)c2nc(-c3ccc(O)cc3)cnc2n1. The lowest BCUT2D eigenvalue weighted by Gasteiger charge is -2.28. The Balaban J connectivity index is 1.85. The number of nitrogen functional groups attached to an aromatic ring is 1. The summed E-state index contributed by atoms with van der Waals surface area (Å²) in [7, 11) is 0. The number of phenols is 1. The summed E-state index contributed by atoms with van der Waals surface area (Å²) in [4.78, 5) is 19.7. The van der Waals surface area contributed by atoms with Gasteiger partial charge in [-0.1, -0.05) is 0 Å². The largest absolute Gasteiger partial charge is 0.508 e. The number of benzene rings is 1. The minimum atomic E-state index is 0.177. The topological polar surface area (TPSA) is 110 Å². The molecule has 0 saturated carbocycles. The van der Waals surface area contributed by atoms with Gasteiger partial charge in [0.1, 0.15) is 5.75 Å². The molecule has 1 fully saturated rings. The molecule has 2 aromatic heterocycles. The van der Waals surface area contributed by atoms with E-state index in [4.69, 9.17) is 10.5 Å². The third-order valence-electron chi connectivity index (χ3n) is 3.88. The monoisotopic (exact) mass is 324 g/mol. The van der Waals surface area contributed by atoms with Crippen LogP contribution in [0.5, 0.6) is 5.75 Å². The minimum absolute atomic E-state index is 0.177. The number of aromatic nitrogens is 4. The molecule has 0 aliphatic carbocycles. The van der Waals surface area contributed by atoms with Crippen LogP contribution in [0.15, 0.2) is 30.5 Å². The molecular weight excluding hydrogens is 308 g/mol. The van der Waals surface area contributed by atoms with Crippen LogP contribution in [-0.2, 0) is 4.74 Å². The molecule has 122 valence electrons. The first-order chi connectivity index (χ1) is 11.7. The van der Waals surface area contributed by atoms with Crippen LogP contribution in [-0.4, -0.2) is 51.3 Å². The summed E-state index contributed by atoms with van der Waals surface area (Å²) in [6.07, 6.45) is 1.64. The van der Waals surface area contributed by atoms with Crippen LogP contribution < -0.4 is 10.6 Å². The Morgan fingerprint density at radius 3 is 2.54 bits per heavy atom. The predicted octanol–water partition coefficient (Wildman–Crippen LogP) is 1.21. The van der Waals surface area contributed by atoms with E-state index in [0.29, 0.717) is 35.9 Å². The van der Waals surface area contributed by atoms with Crippen molar-refractivity contribution in [3.63, 3.8) is 0 Å². The molecule has 0 unspecified atom stereocenters. The van der Waals surface area contributed by atoms with E-state index in [1.165, 1.54) is 0 Å². The molecule has 3 heterocycles. The fraction of sp³-hybridized carbons (Fsp3) is 0.250. The van der Waals surface area contributed by atoms with Crippen molar-refractivity contribution in [2.24, 2.45) is 0 Å². The quantitative estimate of drug-likeness (QED) is 0.724. The number of morpholine rings is 1. The maximum atomic E-state index is 9.43. The molecule has 0 amide bonds. The molecule has 0 radical (unpaired) electrons. The van der Waals surface area contributed by atoms with Crippen molar-refractivity contribution in [2.45, 2.75) is 0 Å². The summed E-state index contributed by atoms with van der Waals surface area (Å²) < 4.78 is 5.39. The first kappa shape index (κ1) is 14.6. The van der Waals surface area contributed by atoms with Gasteiger partial charge >= 0.3 is 0 Å². The third-order valence-corrected chi connectivity index (χ3v) is 3.88. The Labute approximate surface area is 138 Å². The van der Waals surface area contributed by atoms with Crippen LogP contribution in [0.3, 0.4) is 0 Å². The molecule has 0 bridgehead atoms. The van der Waals surface area contributed by atoms with Gasteiger partial charge in [-0.05, 0) is 24.3 Å². The number of phenolic OH excluding ortho intramolecular Hbond substituents is 1. The van der Waals surface area contributed by atoms with Crippen LogP contribution in [0.25, 0.3) is 22.4 Å². The van der Waals surface area contributed by atoms with Crippen molar-refractivity contribution in [2.75, 3.05) is 36.9 Å². The van der Waals surface area contributed by atoms with Gasteiger partial charge in [0.15, 0.2) is 17.0 Å². The molecule has 1 saturated heterocycles. The lowest BCUT2D eigenvalue weighted by Crippen LogP contribution is -2.37. The lowest BCUT2D eigenvalue weighted by atomic mass is 10.1. The molecule has 0 atom stereocenters. The second kappa shape index (κ2) is 5.89. The molecule has 8 heteroatoms. The molecule has 1 aliphatic rings. The fourth-order valence-electron chi connectivity index (χ4n) is 2.68. The summed E-state index contributed by atoms with van der Waals surface area (Å²) in [6.45, 7) is 2.71. The van der Waals surface area contributed by atoms with Gasteiger partial charge in [0.25, 0.3) is 0 Å². The molecule has 8 nitrogen and oxygen atoms in total. The molecule has 1 aromatic carbocycles. The standard InChI is InChI=1S/C16H16N6O2/c17-16-20-14-13(15(21-16)22-5-7-24-8-6-22)19-12(9-18-14)10-1-3-11(23)4-2-10/h1-4,9,23H,5-8H2,(H2,17,18,20,21). The number of nitrogens with two attached hydrogens (primary N) is 1. The predicted molar refractivity (Wildman–Crippen MR) is 89.7 cm³/mol. The van der Waals surface area contributed by atoms with E-state index >= 15 is 0 Å². The van der Waals surface area contributed by atoms with Crippen molar-refractivity contribution in [3.8, 4) is 17.0 Å². The Morgan fingerprint density at radius 1 is 1.04 bits per heavy atom. The van der Waals surface area contributed by atoms with Gasteiger partial charge in [-0.3, -0.25) is 0 Å². The molecular formula is C16H16N6O2. The molecule has 3 N–H and O–H groups in total. The van der Waals surface area contributed by atoms with Crippen LogP contribution in [0.4, 0.5) is 11.8 Å². The highest BCUT2D eigenvalue weighted by atomic mass is 16.5. The summed E-state index contributed by atoms with van der Waals surface area (Å²) in [5.74, 6) is 1.06. The van der Waals surface area contributed by atoms with E-state index in [1.807, 2.05) is 0 Å². The van der Waals surface area contributed by atoms with Crippen LogP contribution >= 0.6 is 0 Å². The molecule has 4 rings (SSSR count). The van der Waals surface area contributed by atoms with Gasteiger partial charge in [0.05, 0.1) is 25.1 Å². The van der Waals surface area contributed by atoms with E-state index < -0.39 is 0 Å². The van der Waals surface area contributed by atoms with Crippen molar-refractivity contribution >= 4 is 22.9 Å². The maximum absolute atomic E-state index is 9.43. The van der Waals surface area contributed by atoms with Crippen LogP contribution in [0.1, 0.15) is 0 Å². The Kier molecular flexibility index (Phi) is 3.58. The maximum Gasteiger partial charge on any atom is 0.224 e. The average molecular weight is 324 g/mol. The van der Waals surface area contributed by atoms with Gasteiger partial charge in [0.2, 0.25) is 5.95 Å². The zero-order valence-electron chi connectivity index (χ0n) is 12.9. The van der Waals surface area contributed by atoms with Crippen molar-refractivity contribution in [1.29, 1.82) is 0 Å². The Morgan fingerprint density at radius 2 is 1.79 bits per heavy atom. The zero-order valence-corrected chi connectivity index (χ0v) is 12.9. The normalized spacial score (nSPS) is 14.9. The van der Waals surface area contributed by atoms with E-state index in [9.17, 15) is 5.11 Å². The average Bonchev–Trinajstić information content (AvgIpc) is 2.62. The number of rotatable bonds is 2. The van der Waals surface area contributed by atoms with Crippen LogP contribution in [0.2, 0.25) is 0 Å². The highest BCUT2D eigenvalue weighted by Crippen LogP contribution is 2.26. The Hall–Kier alpha value is -3.00. The van der Waals surface area contributed by atoms with E-state index in [2.05, 4.69) is 24.8 Å². The summed E-state index contributed by atoms with van der Waals surface area (Å²) in [6, 6.07) is 6.81. The molecule has 24 heavy (non-hydrogen) atoms. The summed E-state index contributed by atoms with van der Waals surface area (Å²) in [5, 5.41) is 9.43. The van der Waals surface area contributed by atoms with Gasteiger partial charge in [0, 0.05) is 18.7 Å². The van der Waals surface area contributed by atoms with Gasteiger partial charge in [-0.25, -0.2) is 9.97 Å². The Bertz CT molecular complexity index is 878. The number of anilines is 2. The van der Waals surface area contributed by atoms with E-state index in [1.54, 1.807) is 30.5 Å². The van der Waals surface area contributed by atoms with Crippen molar-refractivity contribution in [3.05, 3.63) is 30.5 Å².